The van der Waals surface area contributed by atoms with Crippen LogP contribution in [0.4, 0.5) is 92.6 Å². The van der Waals surface area contributed by atoms with Gasteiger partial charge in [0.2, 0.25) is 23.6 Å². The van der Waals surface area contributed by atoms with Crippen molar-refractivity contribution in [3.63, 3.8) is 0 Å². The second-order valence-corrected chi connectivity index (χ2v) is 37.2. The zero-order valence-electron chi connectivity index (χ0n) is 80.6. The van der Waals surface area contributed by atoms with E-state index >= 15 is 0 Å². The molecule has 16 aromatic rings. The zero-order chi connectivity index (χ0) is 99.0. The molecule has 0 aliphatic carbocycles. The van der Waals surface area contributed by atoms with Crippen LogP contribution in [0.5, 0.6) is 0 Å². The summed E-state index contributed by atoms with van der Waals surface area (Å²) in [6, 6.07) is 23.6. The summed E-state index contributed by atoms with van der Waals surface area (Å²) < 4.78 is 6.93. The summed E-state index contributed by atoms with van der Waals surface area (Å²) in [7, 11) is 5.77. The number of nitrogens with zero attached hydrogens (tertiary/aromatic N) is 23. The molecule has 16 aromatic heterocycles. The van der Waals surface area contributed by atoms with Gasteiger partial charge in [-0.2, -0.15) is 20.4 Å². The number of carbonyl (C=O) groups excluding carboxylic acids is 4. The molecule has 726 valence electrons. The number of hydrogen-bond donors (Lipinski definition) is 15. The van der Waals surface area contributed by atoms with Crippen molar-refractivity contribution >= 4 is 171 Å². The number of hydrogen-bond acceptors (Lipinski definition) is 34. The van der Waals surface area contributed by atoms with Crippen LogP contribution in [0.1, 0.15) is 106 Å². The molecule has 0 saturated heterocycles. The summed E-state index contributed by atoms with van der Waals surface area (Å²) in [5.41, 5.74) is 50.2. The molecule has 0 saturated carbocycles. The van der Waals surface area contributed by atoms with Gasteiger partial charge in [0.25, 0.3) is 0 Å². The number of anilines is 16. The first-order valence-corrected chi connectivity index (χ1v) is 47.5. The first-order chi connectivity index (χ1) is 69.1. The molecule has 0 aromatic carbocycles. The highest BCUT2D eigenvalue weighted by Crippen LogP contribution is 2.44. The minimum absolute atomic E-state index is 0.0330. The maximum absolute atomic E-state index is 12.2. The lowest BCUT2D eigenvalue weighted by atomic mass is 9.93. The largest absolute Gasteiger partial charge is 0.383 e. The van der Waals surface area contributed by atoms with E-state index in [1.54, 1.807) is 48.4 Å². The molecule has 0 fully saturated rings. The van der Waals surface area contributed by atoms with Crippen molar-refractivity contribution in [2.75, 3.05) is 139 Å². The summed E-state index contributed by atoms with van der Waals surface area (Å²) >= 11 is 0. The highest BCUT2D eigenvalue weighted by molar-refractivity contribution is 6.00. The zero-order valence-corrected chi connectivity index (χ0v) is 80.6. The van der Waals surface area contributed by atoms with Gasteiger partial charge in [0.1, 0.15) is 84.1 Å². The number of nitrogens with two attached hydrogens (primary N) is 4. The highest BCUT2D eigenvalue weighted by Gasteiger charge is 2.31. The van der Waals surface area contributed by atoms with E-state index in [9.17, 15) is 19.2 Å². The normalized spacial score (nSPS) is 16.2. The van der Waals surface area contributed by atoms with Crippen LogP contribution in [-0.4, -0.2) is 211 Å². The lowest BCUT2D eigenvalue weighted by Crippen LogP contribution is -2.30. The highest BCUT2D eigenvalue weighted by atomic mass is 16.2. The standard InChI is InChI=1S/C26H28N10O.C25H26N10O.2C25H27N9O/c1-14-18(10-29-25-15(2)35(4)13-30-24(14)25)20-7-16-8-21(28-11-19(16)26(27)31-20)32-22-9-17-5-6-34(3)23(37)12-36(17)33-22;1-13-17(9-29-24-14(2)34(3)12-30-23(13)24)19-6-15-7-20(28-10-18(15)25(26)31-19)32-21-8-16-4-5-27-22(36)11-35(16)33-21;2*1-13-3-5-28-24-14(2)17(10-30-23(13)24)19-7-15-8-20(29-11-18(15)25(26)31-19)32-21-9-16-4-6-27-22(35)12-34(16)33-21/h7-11,30H,2,5-6,12-13H2,1,3-4H3,(H2,27,31)(H,28,32,33);6-10,30H,2,4-5,11-12H2,1,3H3,(H2,26,31)(H,27,36)(H,28,32,33);2*7-11,13,28H,3-6,12H2,1-2H3,(H2,26,31)(H,27,35)(H,29,32,33)/t;;2*13-/m..10/s1. The second kappa shape index (κ2) is 37.5. The smallest absolute Gasteiger partial charge is 0.244 e. The average molecular weight is 1920 g/mol. The van der Waals surface area contributed by atoms with Gasteiger partial charge in [0.05, 0.1) is 81.6 Å². The summed E-state index contributed by atoms with van der Waals surface area (Å²) in [4.78, 5) is 109. The summed E-state index contributed by atoms with van der Waals surface area (Å²) in [6.45, 7) is 27.6. The van der Waals surface area contributed by atoms with Gasteiger partial charge in [-0.25, -0.2) is 39.9 Å². The molecule has 24 heterocycles. The maximum Gasteiger partial charge on any atom is 0.244 e. The van der Waals surface area contributed by atoms with E-state index in [4.69, 9.17) is 32.9 Å². The summed E-state index contributed by atoms with van der Waals surface area (Å²) in [5, 5.41) is 60.4. The molecule has 0 radical (unpaired) electrons. The van der Waals surface area contributed by atoms with Gasteiger partial charge >= 0.3 is 0 Å². The van der Waals surface area contributed by atoms with E-state index in [1.807, 2.05) is 142 Å². The molecular formula is C101H108N38O4. The molecule has 8 aliphatic rings. The van der Waals surface area contributed by atoms with Crippen LogP contribution in [-0.2, 0) is 71.0 Å². The number of fused-ring (bicyclic) bond motifs is 12. The van der Waals surface area contributed by atoms with Gasteiger partial charge in [-0.05, 0) is 133 Å². The van der Waals surface area contributed by atoms with E-state index in [-0.39, 0.29) is 49.8 Å². The SMILES string of the molecule is C=C1c2ncc(-c3cc4cc(Nc5cc6n(n5)CC(=O)N(C)CC6)ncc4c(N)n3)c(C)c2NCN1C.C=C1c2ncc(-c3cc4cc(Nc5cc6n(n5)CC(=O)NCC6)ncc4c(N)n3)c(C)c2NCN1C.Cc1c(-c2cc3cc(Nc4cc5n(n4)CC(=O)NCC5)ncc3c(N)n2)cnc2c1NCC[C@@H]2C.Cc1c(-c2cc3cc(Nc4cc5n(n4)CC(=O)NCC5)ncc3c(N)n2)cnc2c1NCC[C@H]2C. The molecule has 143 heavy (non-hydrogen) atoms. The van der Waals surface area contributed by atoms with Crippen LogP contribution in [0.2, 0.25) is 0 Å². The molecule has 0 spiro atoms. The third-order valence-electron chi connectivity index (χ3n) is 27.5. The van der Waals surface area contributed by atoms with E-state index in [0.29, 0.717) is 121 Å². The minimum atomic E-state index is -0.0405. The maximum atomic E-state index is 12.2. The van der Waals surface area contributed by atoms with Crippen LogP contribution in [0.3, 0.4) is 0 Å². The Bertz CT molecular complexity index is 7710. The van der Waals surface area contributed by atoms with Crippen molar-refractivity contribution < 1.29 is 19.2 Å². The Balaban J connectivity index is 0.000000113. The van der Waals surface area contributed by atoms with E-state index < -0.39 is 0 Å². The topological polar surface area (TPSA) is 540 Å². The van der Waals surface area contributed by atoms with Crippen molar-refractivity contribution in [3.8, 4) is 45.0 Å². The Morgan fingerprint density at radius 2 is 0.636 bits per heavy atom. The molecule has 24 rings (SSSR count). The number of carbonyl (C=O) groups is 4. The number of pyridine rings is 12. The Labute approximate surface area is 820 Å². The Morgan fingerprint density at radius 3 is 0.965 bits per heavy atom. The molecule has 4 amide bonds. The number of amides is 4. The van der Waals surface area contributed by atoms with Gasteiger partial charge in [0.15, 0.2) is 23.3 Å². The Kier molecular flexibility index (Phi) is 24.0. The van der Waals surface area contributed by atoms with Gasteiger partial charge in [0, 0.05) is 238 Å². The fraction of sp³-hybridized carbons (Fsp3) is 0.287. The lowest BCUT2D eigenvalue weighted by Gasteiger charge is -2.31. The van der Waals surface area contributed by atoms with Crippen LogP contribution in [0, 0.1) is 27.7 Å². The molecule has 0 bridgehead atoms. The molecule has 0 unspecified atom stereocenters. The van der Waals surface area contributed by atoms with Gasteiger partial charge in [-0.1, -0.05) is 27.0 Å². The summed E-state index contributed by atoms with van der Waals surface area (Å²) in [5.74, 6) is 7.57. The minimum Gasteiger partial charge on any atom is -0.383 e. The van der Waals surface area contributed by atoms with Crippen molar-refractivity contribution in [1.82, 2.24) is 130 Å². The predicted octanol–water partition coefficient (Wildman–Crippen LogP) is 11.5. The fourth-order valence-corrected chi connectivity index (χ4v) is 19.3. The van der Waals surface area contributed by atoms with Crippen molar-refractivity contribution in [2.24, 2.45) is 0 Å². The quantitative estimate of drug-likeness (QED) is 0.0540. The first-order valence-electron chi connectivity index (χ1n) is 47.5. The van der Waals surface area contributed by atoms with Gasteiger partial charge < -0.3 is 96.1 Å². The van der Waals surface area contributed by atoms with Crippen LogP contribution >= 0.6 is 0 Å². The lowest BCUT2D eigenvalue weighted by molar-refractivity contribution is -0.130. The fourth-order valence-electron chi connectivity index (χ4n) is 19.3. The van der Waals surface area contributed by atoms with Crippen LogP contribution in [0.25, 0.3) is 99.5 Å². The molecule has 8 aliphatic heterocycles. The van der Waals surface area contributed by atoms with Crippen molar-refractivity contribution in [3.05, 3.63) is 203 Å². The average Bonchev–Trinajstić information content (AvgIpc) is 1.13. The van der Waals surface area contributed by atoms with Crippen molar-refractivity contribution in [2.45, 2.75) is 118 Å². The second-order valence-electron chi connectivity index (χ2n) is 37.2. The number of nitrogen functional groups attached to an aromatic ring is 4. The third kappa shape index (κ3) is 18.2. The molecule has 19 N–H and O–H groups in total. The molecule has 2 atom stereocenters. The van der Waals surface area contributed by atoms with Gasteiger partial charge in [-0.3, -0.25) is 57.8 Å². The van der Waals surface area contributed by atoms with E-state index in [0.717, 1.165) is 242 Å². The van der Waals surface area contributed by atoms with E-state index in [2.05, 4.69) is 170 Å². The van der Waals surface area contributed by atoms with Crippen molar-refractivity contribution in [1.29, 1.82) is 0 Å². The third-order valence-corrected chi connectivity index (χ3v) is 27.5. The Hall–Kier alpha value is -17.8. The number of nitrogens with one attached hydrogen (secondary N) is 11. The number of likely N-dealkylation sites (N-methyl/N-ethyl adjacent to an activating group) is 1. The monoisotopic (exact) mass is 1920 g/mol. The van der Waals surface area contributed by atoms with Crippen LogP contribution in [0.15, 0.2) is 136 Å². The molecular weight excluding hydrogens is 1810 g/mol. The molecule has 42 nitrogen and oxygen atoms in total. The predicted molar refractivity (Wildman–Crippen MR) is 555 cm³/mol. The van der Waals surface area contributed by atoms with Crippen LogP contribution < -0.4 is 81.4 Å². The van der Waals surface area contributed by atoms with E-state index in [1.165, 1.54) is 0 Å². The molecule has 42 heteroatoms. The number of rotatable bonds is 12. The summed E-state index contributed by atoms with van der Waals surface area (Å²) in [6.07, 6.45) is 19.4. The number of aromatic nitrogens is 20. The van der Waals surface area contributed by atoms with Gasteiger partial charge in [-0.15, -0.1) is 0 Å². The first kappa shape index (κ1) is 91.6. The Morgan fingerprint density at radius 1 is 0.336 bits per heavy atom.